The number of hydrogen-bond donors (Lipinski definition) is 28. The van der Waals surface area contributed by atoms with Crippen molar-refractivity contribution in [1.29, 1.82) is 0 Å². The third kappa shape index (κ3) is 18.0. The van der Waals surface area contributed by atoms with E-state index in [9.17, 15) is 71.5 Å². The number of rotatable bonds is 14. The SMILES string of the molecule is Nc1ncnc2c1ncn2[C@@H]1O[C@H](CO)[C@@H](O)[C@H]1O.Nc1ncnc2c1ncn2[C@@H]1O[C@H](CO)[C@@H](O)[C@H]1O.Nc1ncnc2c1ncn2[C@@H]1O[C@H](CO)[C@@H](O)[C@H]1O.Nc1ncnc2c1ncn2[C@@H]1O[C@H](CO)[C@@H](O)[C@H]1O.Nc1ncnc2c1ncn2[C@@H]1O[C@H](CO)[C@@H](O)[C@H]1O.Nc1ncnc2c1ncn2[C@@H]1O[C@H](CO)[C@@H](O)[C@H]1O.Nc1ncnc2c1ncn2[C@@H]1O[C@H](CO)[C@@H](O)[C@H]1O. The molecule has 0 radical (unpaired) electrons. The van der Waals surface area contributed by atoms with E-state index in [1.807, 2.05) is 0 Å². The molecule has 0 bridgehead atoms. The topological polar surface area (TPSA) is 977 Å². The van der Waals surface area contributed by atoms with E-state index < -0.39 is 218 Å². The second kappa shape index (κ2) is 40.0. The van der Waals surface area contributed by atoms with E-state index in [2.05, 4.69) is 105 Å². The Balaban J connectivity index is 0.000000118. The second-order valence-corrected chi connectivity index (χ2v) is 30.2. The van der Waals surface area contributed by atoms with E-state index in [1.165, 1.54) is 121 Å². The van der Waals surface area contributed by atoms with Crippen molar-refractivity contribution >= 4 is 119 Å². The van der Waals surface area contributed by atoms with Crippen LogP contribution in [0.5, 0.6) is 0 Å². The highest BCUT2D eigenvalue weighted by atomic mass is 16.6. The van der Waals surface area contributed by atoms with Gasteiger partial charge in [0.15, 0.2) is 124 Å². The highest BCUT2D eigenvalue weighted by molar-refractivity contribution is 5.85. The Kier molecular flexibility index (Phi) is 28.6. The summed E-state index contributed by atoms with van der Waals surface area (Å²) in [5, 5.41) is 201. The van der Waals surface area contributed by atoms with Crippen LogP contribution in [0, 0.1) is 0 Å². The fraction of sp³-hybridized carbons (Fsp3) is 0.500. The van der Waals surface area contributed by atoms with E-state index in [0.717, 1.165) is 0 Å². The number of nitrogen functional groups attached to an aromatic ring is 7. The van der Waals surface area contributed by atoms with Gasteiger partial charge in [-0.25, -0.2) is 105 Å². The molecule has 714 valence electrons. The summed E-state index contributed by atoms with van der Waals surface area (Å²) in [7, 11) is 0. The Labute approximate surface area is 740 Å². The molecule has 7 aliphatic rings. The summed E-state index contributed by atoms with van der Waals surface area (Å²) in [5.74, 6) is 1.53. The van der Waals surface area contributed by atoms with Crippen LogP contribution < -0.4 is 40.1 Å². The van der Waals surface area contributed by atoms with Gasteiger partial charge in [-0.2, -0.15) is 0 Å². The first-order chi connectivity index (χ1) is 63.9. The van der Waals surface area contributed by atoms with Crippen molar-refractivity contribution in [2.45, 2.75) is 172 Å². The smallest absolute Gasteiger partial charge is 0.167 e. The summed E-state index contributed by atoms with van der Waals surface area (Å²) in [5.41, 5.74) is 45.1. The molecule has 21 heterocycles. The highest BCUT2D eigenvalue weighted by Crippen LogP contribution is 2.40. The molecule has 0 spiro atoms. The van der Waals surface area contributed by atoms with E-state index in [1.54, 1.807) is 0 Å². The van der Waals surface area contributed by atoms with E-state index >= 15 is 0 Å². The number of fused-ring (bicyclic) bond motifs is 7. The molecule has 0 unspecified atom stereocenters. The fourth-order valence-corrected chi connectivity index (χ4v) is 15.2. The van der Waals surface area contributed by atoms with Gasteiger partial charge in [0.2, 0.25) is 0 Å². The van der Waals surface area contributed by atoms with E-state index in [-0.39, 0.29) is 40.7 Å². The zero-order chi connectivity index (χ0) is 95.0. The molecule has 0 amide bonds. The largest absolute Gasteiger partial charge is 0.394 e. The van der Waals surface area contributed by atoms with Gasteiger partial charge in [0.25, 0.3) is 0 Å². The lowest BCUT2D eigenvalue weighted by Gasteiger charge is -2.16. The lowest BCUT2D eigenvalue weighted by Crippen LogP contribution is -2.33. The van der Waals surface area contributed by atoms with Crippen LogP contribution in [0.4, 0.5) is 40.7 Å². The van der Waals surface area contributed by atoms with Gasteiger partial charge in [0.1, 0.15) is 211 Å². The third-order valence-corrected chi connectivity index (χ3v) is 22.2. The number of anilines is 7. The summed E-state index contributed by atoms with van der Waals surface area (Å²) in [4.78, 5) is 83.2. The molecule has 7 fully saturated rings. The summed E-state index contributed by atoms with van der Waals surface area (Å²) in [6, 6.07) is 0. The van der Waals surface area contributed by atoms with Gasteiger partial charge in [-0.1, -0.05) is 0 Å². The number of aliphatic hydroxyl groups excluding tert-OH is 21. The predicted molar refractivity (Wildman–Crippen MR) is 439 cm³/mol. The molecule has 0 saturated carbocycles. The van der Waals surface area contributed by atoms with E-state index in [4.69, 9.17) is 109 Å². The zero-order valence-corrected chi connectivity index (χ0v) is 68.5. The van der Waals surface area contributed by atoms with Crippen molar-refractivity contribution < 1.29 is 140 Å². The Morgan fingerprint density at radius 3 is 0.391 bits per heavy atom. The van der Waals surface area contributed by atoms with Gasteiger partial charge in [0.05, 0.1) is 90.5 Å². The van der Waals surface area contributed by atoms with Gasteiger partial charge < -0.3 is 181 Å². The highest BCUT2D eigenvalue weighted by Gasteiger charge is 2.51. The average Bonchev–Trinajstić information content (AvgIpc) is 1.65. The van der Waals surface area contributed by atoms with Crippen LogP contribution in [0.1, 0.15) is 43.6 Å². The lowest BCUT2D eigenvalue weighted by molar-refractivity contribution is -0.0511. The molecule has 7 saturated heterocycles. The number of nitrogens with two attached hydrogens (primary N) is 7. The number of aliphatic hydroxyl groups is 21. The summed E-state index contributed by atoms with van der Waals surface area (Å²) in [6.45, 7) is -2.73. The van der Waals surface area contributed by atoms with Gasteiger partial charge in [-0.3, -0.25) is 32.0 Å². The van der Waals surface area contributed by atoms with Gasteiger partial charge in [0, 0.05) is 0 Å². The van der Waals surface area contributed by atoms with E-state index in [0.29, 0.717) is 78.1 Å². The van der Waals surface area contributed by atoms with Gasteiger partial charge in [-0.15, -0.1) is 0 Å². The van der Waals surface area contributed by atoms with Crippen molar-refractivity contribution in [3.05, 3.63) is 88.6 Å². The zero-order valence-electron chi connectivity index (χ0n) is 68.5. The maximum absolute atomic E-state index is 9.95. The maximum atomic E-state index is 9.95. The first kappa shape index (κ1) is 95.0. The Morgan fingerprint density at radius 2 is 0.293 bits per heavy atom. The first-order valence-corrected chi connectivity index (χ1v) is 39.8. The molecule has 63 heteroatoms. The van der Waals surface area contributed by atoms with Crippen molar-refractivity contribution in [1.82, 2.24) is 137 Å². The minimum Gasteiger partial charge on any atom is -0.394 e. The monoisotopic (exact) mass is 1870 g/mol. The average molecular weight is 1870 g/mol. The first-order valence-electron chi connectivity index (χ1n) is 39.8. The minimum absolute atomic E-state index is 0.218. The Bertz CT molecular complexity index is 5260. The predicted octanol–water partition coefficient (Wildman–Crippen LogP) is -13.9. The number of aromatic nitrogens is 28. The standard InChI is InChI=1S/7C10H13N5O4/c7*11-8-5-9(13-2-12-8)15(3-14-5)10-7(18)6(17)4(1-16)19-10/h7*2-4,6-7,10,16-18H,1H2,(H2,11,12,13)/t7*4-,6-,7-,10-/m1111111/s1. The van der Waals surface area contributed by atoms with Crippen molar-refractivity contribution in [2.75, 3.05) is 86.4 Å². The van der Waals surface area contributed by atoms with Crippen LogP contribution in [-0.4, -0.2) is 418 Å². The van der Waals surface area contributed by atoms with Crippen LogP contribution in [0.3, 0.4) is 0 Å². The molecule has 133 heavy (non-hydrogen) atoms. The third-order valence-electron chi connectivity index (χ3n) is 22.2. The normalized spacial score (nSPS) is 31.1. The number of hydrogen-bond acceptors (Lipinski definition) is 56. The molecule has 21 rings (SSSR count). The van der Waals surface area contributed by atoms with Gasteiger partial charge in [-0.05, 0) is 0 Å². The van der Waals surface area contributed by atoms with Crippen LogP contribution in [0.2, 0.25) is 0 Å². The van der Waals surface area contributed by atoms with Crippen LogP contribution in [0.25, 0.3) is 78.1 Å². The van der Waals surface area contributed by atoms with Crippen LogP contribution >= 0.6 is 0 Å². The summed E-state index contributed by atoms with van der Waals surface area (Å²) in [6.07, 6.45) is -9.96. The molecule has 0 aliphatic carbocycles. The molecule has 14 aromatic heterocycles. The molecule has 35 N–H and O–H groups in total. The molecule has 14 aromatic rings. The fourth-order valence-electron chi connectivity index (χ4n) is 15.2. The molecule has 7 aliphatic heterocycles. The van der Waals surface area contributed by atoms with Crippen LogP contribution in [0.15, 0.2) is 88.6 Å². The molecular formula is C70H91N35O28. The Hall–Kier alpha value is -12.7. The number of ether oxygens (including phenoxy) is 7. The number of imidazole rings is 7. The quantitative estimate of drug-likeness (QED) is 0.0481. The van der Waals surface area contributed by atoms with Crippen molar-refractivity contribution in [3.63, 3.8) is 0 Å². The Morgan fingerprint density at radius 1 is 0.180 bits per heavy atom. The summed E-state index contributed by atoms with van der Waals surface area (Å²) >= 11 is 0. The second-order valence-electron chi connectivity index (χ2n) is 30.2. The van der Waals surface area contributed by atoms with Gasteiger partial charge >= 0.3 is 0 Å². The maximum Gasteiger partial charge on any atom is 0.167 e. The van der Waals surface area contributed by atoms with Crippen molar-refractivity contribution in [3.8, 4) is 0 Å². The minimum atomic E-state index is -1.19. The molecule has 0 aromatic carbocycles. The molecular weight excluding hydrogens is 1780 g/mol. The van der Waals surface area contributed by atoms with Crippen LogP contribution in [-0.2, 0) is 33.2 Å². The number of nitrogens with zero attached hydrogens (tertiary/aromatic N) is 28. The molecule has 63 nitrogen and oxygen atoms in total. The van der Waals surface area contributed by atoms with Crippen molar-refractivity contribution in [2.24, 2.45) is 0 Å². The summed E-state index contributed by atoms with van der Waals surface area (Å²) < 4.78 is 48.0. The molecule has 28 atom stereocenters. The lowest BCUT2D eigenvalue weighted by atomic mass is 10.1.